The van der Waals surface area contributed by atoms with Gasteiger partial charge in [0.25, 0.3) is 5.91 Å². The lowest BCUT2D eigenvalue weighted by molar-refractivity contribution is -0.121. The van der Waals surface area contributed by atoms with Crippen LogP contribution in [0.3, 0.4) is 0 Å². The smallest absolute Gasteiger partial charge is 0.332 e. The number of aliphatic hydroxyl groups excluding tert-OH is 1. The maximum Gasteiger partial charge on any atom is 0.332 e. The van der Waals surface area contributed by atoms with E-state index in [1.165, 1.54) is 4.90 Å². The van der Waals surface area contributed by atoms with Crippen molar-refractivity contribution in [2.45, 2.75) is 32.4 Å². The molecule has 2 aliphatic rings. The van der Waals surface area contributed by atoms with Gasteiger partial charge in [-0.25, -0.2) is 9.69 Å². The zero-order valence-electron chi connectivity index (χ0n) is 11.8. The van der Waals surface area contributed by atoms with Gasteiger partial charge in [-0.05, 0) is 43.5 Å². The molecule has 1 aromatic rings. The molecule has 2 saturated heterocycles. The molecule has 1 unspecified atom stereocenters. The molecule has 2 atom stereocenters. The molecule has 0 bridgehead atoms. The fraction of sp³-hybridized carbons (Fsp3) is 0.400. The first-order chi connectivity index (χ1) is 9.97. The first kappa shape index (κ1) is 13.6. The number of rotatable bonds is 1. The zero-order chi connectivity index (χ0) is 15.3. The summed E-state index contributed by atoms with van der Waals surface area (Å²) in [6, 6.07) is 4.14. The fourth-order valence-electron chi connectivity index (χ4n) is 3.04. The summed E-state index contributed by atoms with van der Waals surface area (Å²) in [4.78, 5) is 27.4. The van der Waals surface area contributed by atoms with Crippen LogP contribution in [-0.2, 0) is 4.79 Å². The summed E-state index contributed by atoms with van der Waals surface area (Å²) >= 11 is 0. The second-order valence-electron chi connectivity index (χ2n) is 5.44. The summed E-state index contributed by atoms with van der Waals surface area (Å²) in [5.74, 6) is -0.391. The monoisotopic (exact) mass is 285 g/mol. The Kier molecular flexibility index (Phi) is 2.96. The molecule has 2 aliphatic heterocycles. The molecule has 0 spiro atoms. The Bertz CT molecular complexity index is 692. The number of amides is 3. The fourth-order valence-corrected chi connectivity index (χ4v) is 3.04. The summed E-state index contributed by atoms with van der Waals surface area (Å²) in [6.07, 6.45) is -0.368. The standard InChI is InChI=1S/C15H15N3O3/c1-8-9(2)11(4-3-10(8)7-16)18-14(20)13-12(19)5-6-17(13)15(18)21/h3-4,12-13,19H,5-6H2,1-2H3/t12-,13?/m1/s1. The van der Waals surface area contributed by atoms with Crippen molar-refractivity contribution in [1.29, 1.82) is 5.26 Å². The van der Waals surface area contributed by atoms with E-state index in [0.29, 0.717) is 24.2 Å². The number of nitriles is 1. The van der Waals surface area contributed by atoms with Crippen LogP contribution < -0.4 is 4.90 Å². The highest BCUT2D eigenvalue weighted by molar-refractivity contribution is 6.22. The molecule has 0 aromatic heterocycles. The van der Waals surface area contributed by atoms with Gasteiger partial charge in [-0.1, -0.05) is 0 Å². The van der Waals surface area contributed by atoms with Gasteiger partial charge < -0.3 is 10.0 Å². The van der Waals surface area contributed by atoms with E-state index in [1.54, 1.807) is 26.0 Å². The molecular weight excluding hydrogens is 270 g/mol. The van der Waals surface area contributed by atoms with Gasteiger partial charge in [-0.2, -0.15) is 5.26 Å². The first-order valence-electron chi connectivity index (χ1n) is 6.80. The normalized spacial score (nSPS) is 24.5. The second kappa shape index (κ2) is 4.57. The number of urea groups is 1. The molecule has 1 N–H and O–H groups in total. The molecule has 21 heavy (non-hydrogen) atoms. The van der Waals surface area contributed by atoms with Crippen molar-refractivity contribution in [3.63, 3.8) is 0 Å². The van der Waals surface area contributed by atoms with Crippen molar-refractivity contribution in [2.24, 2.45) is 0 Å². The Morgan fingerprint density at radius 3 is 2.62 bits per heavy atom. The second-order valence-corrected chi connectivity index (χ2v) is 5.44. The van der Waals surface area contributed by atoms with Crippen LogP contribution in [-0.4, -0.2) is 40.6 Å². The average molecular weight is 285 g/mol. The minimum Gasteiger partial charge on any atom is -0.390 e. The molecule has 2 fully saturated rings. The number of nitrogens with zero attached hydrogens (tertiary/aromatic N) is 3. The number of hydrogen-bond donors (Lipinski definition) is 1. The third kappa shape index (κ3) is 1.74. The number of anilines is 1. The third-order valence-corrected chi connectivity index (χ3v) is 4.40. The molecule has 6 nitrogen and oxygen atoms in total. The maximum atomic E-state index is 12.5. The van der Waals surface area contributed by atoms with Gasteiger partial charge in [-0.3, -0.25) is 4.79 Å². The maximum absolute atomic E-state index is 12.5. The predicted octanol–water partition coefficient (Wildman–Crippen LogP) is 1.08. The highest BCUT2D eigenvalue weighted by Crippen LogP contribution is 2.34. The lowest BCUT2D eigenvalue weighted by atomic mass is 10.0. The third-order valence-electron chi connectivity index (χ3n) is 4.40. The number of hydrogen-bond acceptors (Lipinski definition) is 4. The lowest BCUT2D eigenvalue weighted by Gasteiger charge is -2.19. The summed E-state index contributed by atoms with van der Waals surface area (Å²) in [7, 11) is 0. The number of aliphatic hydroxyl groups is 1. The van der Waals surface area contributed by atoms with Crippen LogP contribution in [0, 0.1) is 25.2 Å². The zero-order valence-corrected chi connectivity index (χ0v) is 11.8. The lowest BCUT2D eigenvalue weighted by Crippen LogP contribution is -2.36. The van der Waals surface area contributed by atoms with E-state index < -0.39 is 24.1 Å². The van der Waals surface area contributed by atoms with E-state index in [1.807, 2.05) is 0 Å². The van der Waals surface area contributed by atoms with E-state index in [9.17, 15) is 14.7 Å². The summed E-state index contributed by atoms with van der Waals surface area (Å²) in [6.45, 7) is 3.96. The average Bonchev–Trinajstić information content (AvgIpc) is 2.95. The highest BCUT2D eigenvalue weighted by atomic mass is 16.3. The van der Waals surface area contributed by atoms with E-state index >= 15 is 0 Å². The number of imide groups is 1. The Morgan fingerprint density at radius 2 is 2.00 bits per heavy atom. The SMILES string of the molecule is Cc1c(C#N)ccc(N2C(=O)C3[C@H](O)CCN3C2=O)c1C. The van der Waals surface area contributed by atoms with Gasteiger partial charge in [0.05, 0.1) is 23.4 Å². The van der Waals surface area contributed by atoms with Crippen LogP contribution in [0.2, 0.25) is 0 Å². The van der Waals surface area contributed by atoms with Crippen LogP contribution in [0.4, 0.5) is 10.5 Å². The summed E-state index contributed by atoms with van der Waals surface area (Å²) in [5.41, 5.74) is 2.49. The Hall–Kier alpha value is -2.39. The molecule has 2 heterocycles. The number of fused-ring (bicyclic) bond motifs is 1. The van der Waals surface area contributed by atoms with Crippen LogP contribution >= 0.6 is 0 Å². The van der Waals surface area contributed by atoms with Crippen LogP contribution in [0.25, 0.3) is 0 Å². The molecule has 3 rings (SSSR count). The molecule has 0 aliphatic carbocycles. The number of carbonyl (C=O) groups is 2. The van der Waals surface area contributed by atoms with Crippen molar-refractivity contribution >= 4 is 17.6 Å². The van der Waals surface area contributed by atoms with Crippen molar-refractivity contribution in [3.8, 4) is 6.07 Å². The minimum atomic E-state index is -0.800. The van der Waals surface area contributed by atoms with Gasteiger partial charge in [0.1, 0.15) is 6.04 Å². The summed E-state index contributed by atoms with van der Waals surface area (Å²) in [5, 5.41) is 18.9. The topological polar surface area (TPSA) is 84.6 Å². The number of carbonyl (C=O) groups excluding carboxylic acids is 2. The Morgan fingerprint density at radius 1 is 1.29 bits per heavy atom. The van der Waals surface area contributed by atoms with Gasteiger partial charge in [0, 0.05) is 6.54 Å². The molecule has 0 radical (unpaired) electrons. The van der Waals surface area contributed by atoms with E-state index in [-0.39, 0.29) is 0 Å². The van der Waals surface area contributed by atoms with Crippen molar-refractivity contribution in [1.82, 2.24) is 4.90 Å². The van der Waals surface area contributed by atoms with Crippen LogP contribution in [0.1, 0.15) is 23.1 Å². The summed E-state index contributed by atoms with van der Waals surface area (Å²) < 4.78 is 0. The number of benzene rings is 1. The van der Waals surface area contributed by atoms with E-state index in [2.05, 4.69) is 6.07 Å². The van der Waals surface area contributed by atoms with Crippen molar-refractivity contribution < 1.29 is 14.7 Å². The molecule has 0 saturated carbocycles. The van der Waals surface area contributed by atoms with Crippen molar-refractivity contribution in [2.75, 3.05) is 11.4 Å². The van der Waals surface area contributed by atoms with E-state index in [0.717, 1.165) is 16.0 Å². The van der Waals surface area contributed by atoms with E-state index in [4.69, 9.17) is 5.26 Å². The minimum absolute atomic E-state index is 0.390. The van der Waals surface area contributed by atoms with Gasteiger partial charge in [-0.15, -0.1) is 0 Å². The highest BCUT2D eigenvalue weighted by Gasteiger charge is 2.52. The quantitative estimate of drug-likeness (QED) is 0.782. The van der Waals surface area contributed by atoms with Gasteiger partial charge in [0.2, 0.25) is 0 Å². The van der Waals surface area contributed by atoms with Crippen LogP contribution in [0.5, 0.6) is 0 Å². The molecule has 1 aromatic carbocycles. The first-order valence-corrected chi connectivity index (χ1v) is 6.80. The van der Waals surface area contributed by atoms with Gasteiger partial charge in [0.15, 0.2) is 0 Å². The van der Waals surface area contributed by atoms with Crippen molar-refractivity contribution in [3.05, 3.63) is 28.8 Å². The predicted molar refractivity (Wildman–Crippen MR) is 74.6 cm³/mol. The van der Waals surface area contributed by atoms with Gasteiger partial charge >= 0.3 is 6.03 Å². The Labute approximate surface area is 122 Å². The molecule has 3 amide bonds. The molecule has 108 valence electrons. The largest absolute Gasteiger partial charge is 0.390 e. The Balaban J connectivity index is 2.07. The van der Waals surface area contributed by atoms with Crippen LogP contribution in [0.15, 0.2) is 12.1 Å². The molecular formula is C15H15N3O3. The molecule has 6 heteroatoms.